The summed E-state index contributed by atoms with van der Waals surface area (Å²) in [5.41, 5.74) is 6.17. The molecule has 0 fully saturated rings. The number of nitrogens with one attached hydrogen (secondary N) is 2. The molecule has 0 aliphatic heterocycles. The maximum absolute atomic E-state index is 12.6. The molecule has 2 rings (SSSR count). The molecule has 0 aliphatic carbocycles. The van der Waals surface area contributed by atoms with Crippen LogP contribution in [0.5, 0.6) is 5.75 Å². The number of carbonyl (C=O) groups excluding carboxylic acids is 1. The van der Waals surface area contributed by atoms with Crippen molar-refractivity contribution in [2.24, 2.45) is 0 Å². The largest absolute Gasteiger partial charge is 0.495 e. The van der Waals surface area contributed by atoms with Crippen molar-refractivity contribution in [2.45, 2.75) is 11.8 Å². The summed E-state index contributed by atoms with van der Waals surface area (Å²) in [7, 11) is -2.55. The summed E-state index contributed by atoms with van der Waals surface area (Å²) in [5, 5.41) is 2.76. The zero-order valence-corrected chi connectivity index (χ0v) is 15.6. The van der Waals surface area contributed by atoms with Crippen molar-refractivity contribution in [1.29, 1.82) is 0 Å². The number of methoxy groups -OCH3 is 1. The molecule has 2 aromatic carbocycles. The van der Waals surface area contributed by atoms with Gasteiger partial charge in [-0.1, -0.05) is 23.2 Å². The van der Waals surface area contributed by atoms with Gasteiger partial charge in [-0.25, -0.2) is 8.42 Å². The smallest absolute Gasteiger partial charge is 0.261 e. The summed E-state index contributed by atoms with van der Waals surface area (Å²) in [6, 6.07) is 6.75. The van der Waals surface area contributed by atoms with Gasteiger partial charge < -0.3 is 15.8 Å². The highest BCUT2D eigenvalue weighted by atomic mass is 35.5. The first-order chi connectivity index (χ1) is 11.6. The third-order valence-corrected chi connectivity index (χ3v) is 5.13. The highest BCUT2D eigenvalue weighted by molar-refractivity contribution is 7.92. The maximum atomic E-state index is 12.6. The second-order valence-corrected chi connectivity index (χ2v) is 7.50. The molecule has 1 amide bonds. The van der Waals surface area contributed by atoms with Crippen LogP contribution in [-0.4, -0.2) is 21.4 Å². The van der Waals surface area contributed by atoms with Crippen LogP contribution < -0.4 is 20.5 Å². The summed E-state index contributed by atoms with van der Waals surface area (Å²) in [6.07, 6.45) is 0. The number of sulfonamides is 1. The van der Waals surface area contributed by atoms with E-state index in [-0.39, 0.29) is 37.9 Å². The van der Waals surface area contributed by atoms with Gasteiger partial charge >= 0.3 is 0 Å². The van der Waals surface area contributed by atoms with Gasteiger partial charge in [0.05, 0.1) is 39.1 Å². The first kappa shape index (κ1) is 19.2. The standard InChI is InChI=1S/C15H15Cl2N3O4S/c1-8(21)19-13-7-10(3-4-14(13)24-2)25(22,23)20-9-5-11(16)15(18)12(17)6-9/h3-7,20H,18H2,1-2H3,(H,19,21). The number of rotatable bonds is 5. The Kier molecular flexibility index (Phi) is 5.66. The molecule has 7 nitrogen and oxygen atoms in total. The van der Waals surface area contributed by atoms with E-state index in [9.17, 15) is 13.2 Å². The molecule has 0 unspecified atom stereocenters. The predicted octanol–water partition coefficient (Wildman–Crippen LogP) is 3.34. The summed E-state index contributed by atoms with van der Waals surface area (Å²) in [4.78, 5) is 11.2. The van der Waals surface area contributed by atoms with Gasteiger partial charge in [0.2, 0.25) is 5.91 Å². The number of anilines is 3. The van der Waals surface area contributed by atoms with Crippen LogP contribution in [0.3, 0.4) is 0 Å². The number of nitrogens with two attached hydrogens (primary N) is 1. The lowest BCUT2D eigenvalue weighted by atomic mass is 10.3. The van der Waals surface area contributed by atoms with Gasteiger partial charge in [-0.3, -0.25) is 9.52 Å². The van der Waals surface area contributed by atoms with Crippen LogP contribution in [0.2, 0.25) is 10.0 Å². The van der Waals surface area contributed by atoms with E-state index in [2.05, 4.69) is 10.0 Å². The summed E-state index contributed by atoms with van der Waals surface area (Å²) in [6.45, 7) is 1.30. The number of hydrogen-bond acceptors (Lipinski definition) is 5. The molecule has 0 saturated heterocycles. The topological polar surface area (TPSA) is 111 Å². The minimum absolute atomic E-state index is 0.0823. The molecule has 0 spiro atoms. The van der Waals surface area contributed by atoms with E-state index in [1.165, 1.54) is 44.4 Å². The van der Waals surface area contributed by atoms with Gasteiger partial charge in [-0.05, 0) is 30.3 Å². The molecule has 0 saturated carbocycles. The Morgan fingerprint density at radius 3 is 2.28 bits per heavy atom. The van der Waals surface area contributed by atoms with Crippen molar-refractivity contribution in [1.82, 2.24) is 0 Å². The Morgan fingerprint density at radius 2 is 1.76 bits per heavy atom. The fraction of sp³-hybridized carbons (Fsp3) is 0.133. The Labute approximate surface area is 155 Å². The van der Waals surface area contributed by atoms with E-state index in [4.69, 9.17) is 33.7 Å². The molecule has 0 atom stereocenters. The summed E-state index contributed by atoms with van der Waals surface area (Å²) < 4.78 is 32.6. The van der Waals surface area contributed by atoms with Gasteiger partial charge in [-0.15, -0.1) is 0 Å². The monoisotopic (exact) mass is 403 g/mol. The first-order valence-corrected chi connectivity index (χ1v) is 9.11. The predicted molar refractivity (Wildman–Crippen MR) is 99.0 cm³/mol. The third kappa shape index (κ3) is 4.47. The fourth-order valence-corrected chi connectivity index (χ4v) is 3.55. The minimum Gasteiger partial charge on any atom is -0.495 e. The molecule has 134 valence electrons. The van der Waals surface area contributed by atoms with Gasteiger partial charge in [0, 0.05) is 6.92 Å². The number of benzene rings is 2. The van der Waals surface area contributed by atoms with Crippen LogP contribution in [-0.2, 0) is 14.8 Å². The summed E-state index contributed by atoms with van der Waals surface area (Å²) >= 11 is 11.8. The number of ether oxygens (including phenoxy) is 1. The number of amides is 1. The normalized spacial score (nSPS) is 11.0. The van der Waals surface area contributed by atoms with E-state index in [1.807, 2.05) is 0 Å². The zero-order valence-electron chi connectivity index (χ0n) is 13.3. The van der Waals surface area contributed by atoms with Crippen molar-refractivity contribution in [3.8, 4) is 5.75 Å². The van der Waals surface area contributed by atoms with Gasteiger partial charge in [0.1, 0.15) is 5.75 Å². The third-order valence-electron chi connectivity index (χ3n) is 3.12. The minimum atomic E-state index is -3.96. The molecule has 25 heavy (non-hydrogen) atoms. The SMILES string of the molecule is COc1ccc(S(=O)(=O)Nc2cc(Cl)c(N)c(Cl)c2)cc1NC(C)=O. The Balaban J connectivity index is 2.41. The molecular formula is C15H15Cl2N3O4S. The van der Waals surface area contributed by atoms with E-state index in [0.717, 1.165) is 0 Å². The first-order valence-electron chi connectivity index (χ1n) is 6.87. The van der Waals surface area contributed by atoms with Crippen molar-refractivity contribution < 1.29 is 17.9 Å². The van der Waals surface area contributed by atoms with Crippen LogP contribution in [0.1, 0.15) is 6.92 Å². The molecule has 10 heteroatoms. The van der Waals surface area contributed by atoms with Crippen LogP contribution in [0, 0.1) is 0 Å². The van der Waals surface area contributed by atoms with Crippen LogP contribution in [0.25, 0.3) is 0 Å². The van der Waals surface area contributed by atoms with Crippen LogP contribution in [0.15, 0.2) is 35.2 Å². The van der Waals surface area contributed by atoms with Crippen LogP contribution in [0.4, 0.5) is 17.1 Å². The Bertz CT molecular complexity index is 909. The molecule has 0 aromatic heterocycles. The number of nitrogen functional groups attached to an aromatic ring is 1. The van der Waals surface area contributed by atoms with Crippen molar-refractivity contribution in [3.05, 3.63) is 40.4 Å². The summed E-state index contributed by atoms with van der Waals surface area (Å²) in [5.74, 6) is -0.0365. The van der Waals surface area contributed by atoms with E-state index in [1.54, 1.807) is 0 Å². The number of halogens is 2. The van der Waals surface area contributed by atoms with Crippen molar-refractivity contribution in [3.63, 3.8) is 0 Å². The van der Waals surface area contributed by atoms with Crippen molar-refractivity contribution >= 4 is 56.2 Å². The second-order valence-electron chi connectivity index (χ2n) is 5.00. The lowest BCUT2D eigenvalue weighted by Gasteiger charge is -2.13. The lowest BCUT2D eigenvalue weighted by Crippen LogP contribution is -2.14. The zero-order chi connectivity index (χ0) is 18.8. The molecule has 2 aromatic rings. The molecule has 4 N–H and O–H groups in total. The number of hydrogen-bond donors (Lipinski definition) is 3. The molecule has 0 radical (unpaired) electrons. The molecule has 0 heterocycles. The van der Waals surface area contributed by atoms with E-state index < -0.39 is 10.0 Å². The van der Waals surface area contributed by atoms with E-state index >= 15 is 0 Å². The molecule has 0 bridgehead atoms. The molecular weight excluding hydrogens is 389 g/mol. The quantitative estimate of drug-likeness (QED) is 0.662. The Morgan fingerprint density at radius 1 is 1.16 bits per heavy atom. The van der Waals surface area contributed by atoms with Gasteiger partial charge in [-0.2, -0.15) is 0 Å². The number of carbonyl (C=O) groups is 1. The van der Waals surface area contributed by atoms with Crippen LogP contribution >= 0.6 is 23.2 Å². The molecule has 0 aliphatic rings. The highest BCUT2D eigenvalue weighted by Crippen LogP contribution is 2.33. The van der Waals surface area contributed by atoms with E-state index in [0.29, 0.717) is 5.75 Å². The Hall–Kier alpha value is -2.16. The van der Waals surface area contributed by atoms with Gasteiger partial charge in [0.15, 0.2) is 0 Å². The highest BCUT2D eigenvalue weighted by Gasteiger charge is 2.18. The van der Waals surface area contributed by atoms with Gasteiger partial charge in [0.25, 0.3) is 10.0 Å². The second kappa shape index (κ2) is 7.38. The lowest BCUT2D eigenvalue weighted by molar-refractivity contribution is -0.114. The fourth-order valence-electron chi connectivity index (χ4n) is 2.00. The van der Waals surface area contributed by atoms with Crippen molar-refractivity contribution in [2.75, 3.05) is 22.9 Å². The average molecular weight is 404 g/mol. The average Bonchev–Trinajstić information content (AvgIpc) is 2.51. The maximum Gasteiger partial charge on any atom is 0.261 e.